The lowest BCUT2D eigenvalue weighted by Gasteiger charge is -2.13. The van der Waals surface area contributed by atoms with Crippen molar-refractivity contribution < 1.29 is 0 Å². The summed E-state index contributed by atoms with van der Waals surface area (Å²) in [5.74, 6) is 3.29. The van der Waals surface area contributed by atoms with Crippen LogP contribution < -0.4 is 0 Å². The average molecular weight is 1420 g/mol. The molecule has 0 unspecified atom stereocenters. The predicted octanol–water partition coefficient (Wildman–Crippen LogP) is 26.0. The van der Waals surface area contributed by atoms with Gasteiger partial charge < -0.3 is 9.13 Å². The van der Waals surface area contributed by atoms with E-state index in [0.29, 0.717) is 35.2 Å². The molecule has 6 heterocycles. The van der Waals surface area contributed by atoms with Gasteiger partial charge in [-0.15, -0.1) is 0 Å². The number of rotatable bonds is 15. The number of aromatic nitrogens is 10. The quantitative estimate of drug-likeness (QED) is 0.0949. The molecule has 6 aromatic heterocycles. The molecule has 0 spiro atoms. The van der Waals surface area contributed by atoms with Gasteiger partial charge in [0.1, 0.15) is 0 Å². The van der Waals surface area contributed by atoms with Gasteiger partial charge in [0.05, 0.1) is 44.1 Å². The highest BCUT2D eigenvalue weighted by molar-refractivity contribution is 6.16. The van der Waals surface area contributed by atoms with Gasteiger partial charge in [0.15, 0.2) is 23.3 Å². The van der Waals surface area contributed by atoms with Crippen LogP contribution in [0.4, 0.5) is 0 Å². The number of benzene rings is 14. The normalized spacial score (nSPS) is 12.3. The Morgan fingerprint density at radius 1 is 0.288 bits per heavy atom. The first-order chi connectivity index (χ1) is 54.6. The first kappa shape index (κ1) is 65.8. The molecule has 0 saturated heterocycles. The second-order valence-corrected chi connectivity index (χ2v) is 28.5. The van der Waals surface area contributed by atoms with Crippen molar-refractivity contribution in [2.24, 2.45) is 0 Å². The minimum Gasteiger partial charge on any atom is -0.313 e. The summed E-state index contributed by atoms with van der Waals surface area (Å²) < 4.78 is 9.07. The lowest BCUT2D eigenvalue weighted by molar-refractivity contribution is 0.953. The fourth-order valence-electron chi connectivity index (χ4n) is 16.6. The molecule has 0 aliphatic carbocycles. The van der Waals surface area contributed by atoms with Gasteiger partial charge >= 0.3 is 0 Å². The van der Waals surface area contributed by atoms with Gasteiger partial charge in [-0.1, -0.05) is 262 Å². The van der Waals surface area contributed by atoms with Crippen molar-refractivity contribution in [3.8, 4) is 90.8 Å². The van der Waals surface area contributed by atoms with Gasteiger partial charge in [0, 0.05) is 76.7 Å². The Hall–Kier alpha value is -14.7. The molecule has 0 amide bonds. The fraction of sp³-hybridized carbons (Fsp3) is 0.0297. The third-order valence-corrected chi connectivity index (χ3v) is 21.9. The zero-order valence-electron chi connectivity index (χ0n) is 61.3. The molecule has 0 bridgehead atoms. The standard InChI is InChI=1S/C101H70N10/c1-7-23-62(3)63(4)55-65(6)109-89-37-20-17-33-80(89)85-58-73(47-52-92(85)109)74-48-53-93-86(59-74)81-34-18-21-38-90(81)110(93)100-104-96(69-27-10-9-11-28-69)102-97(105-100)70-42-39-67(40-43-70)76-45-50-82-87-60-75(72-46-51-91-84(57-72)79-32-16-19-36-88(79)108(91)64(5)24-8-2)49-54-94(87)111(95(82)61-76)101-106-98(77-44-41-66-25-12-13-29-71(66)56-77)103-99(107-101)83-35-22-30-68-26-14-15-31-78(68)83/h7-61H,2-4H2,1,5-6H3/b23-7-,64-24+,65-55+. The summed E-state index contributed by atoms with van der Waals surface area (Å²) in [7, 11) is 0. The van der Waals surface area contributed by atoms with E-state index in [2.05, 4.69) is 349 Å². The Bertz CT molecular complexity index is 7410. The number of allylic oxidation sites excluding steroid dienone is 9. The highest BCUT2D eigenvalue weighted by Crippen LogP contribution is 2.43. The second kappa shape index (κ2) is 26.6. The molecule has 524 valence electrons. The van der Waals surface area contributed by atoms with Crippen molar-refractivity contribution in [3.05, 3.63) is 365 Å². The van der Waals surface area contributed by atoms with Crippen LogP contribution in [0.25, 0.3) is 211 Å². The SMILES string of the molecule is C=C/C=C(\C)n1c2ccccc2c2cc(-c3ccc4c(c3)c3ccc(-c5ccc(-c6nc(-c7ccccc7)nc(-n7c8ccccc8c8cc(-c9ccc%10c(c9)c9ccccc9n%10/C(C)=C/C(=C)C(=C)/C=C\C)ccc87)n6)cc5)cc3n4-c3nc(-c4ccc5ccccc5c4)nc(-c4cccc5ccccc45)n3)ccc21. The van der Waals surface area contributed by atoms with Crippen LogP contribution in [0, 0.1) is 0 Å². The number of fused-ring (bicyclic) bond motifs is 14. The first-order valence-corrected chi connectivity index (χ1v) is 37.4. The average Bonchev–Trinajstić information content (AvgIpc) is 1.60. The summed E-state index contributed by atoms with van der Waals surface area (Å²) in [6.45, 7) is 18.9. The molecule has 14 aromatic carbocycles. The molecule has 0 N–H and O–H groups in total. The molecule has 10 heteroatoms. The monoisotopic (exact) mass is 1420 g/mol. The van der Waals surface area contributed by atoms with Gasteiger partial charge in [-0.2, -0.15) is 19.9 Å². The van der Waals surface area contributed by atoms with Crippen LogP contribution in [0.1, 0.15) is 20.8 Å². The first-order valence-electron chi connectivity index (χ1n) is 37.4. The van der Waals surface area contributed by atoms with Crippen LogP contribution in [0.3, 0.4) is 0 Å². The molecule has 0 atom stereocenters. The van der Waals surface area contributed by atoms with Crippen LogP contribution in [-0.2, 0) is 0 Å². The smallest absolute Gasteiger partial charge is 0.238 e. The second-order valence-electron chi connectivity index (χ2n) is 28.5. The van der Waals surface area contributed by atoms with Crippen molar-refractivity contribution in [2.75, 3.05) is 0 Å². The Labute approximate surface area is 640 Å². The summed E-state index contributed by atoms with van der Waals surface area (Å²) in [6, 6.07) is 108. The van der Waals surface area contributed by atoms with Crippen molar-refractivity contribution in [2.45, 2.75) is 20.8 Å². The summed E-state index contributed by atoms with van der Waals surface area (Å²) in [4.78, 5) is 32.5. The van der Waals surface area contributed by atoms with Crippen molar-refractivity contribution in [1.29, 1.82) is 0 Å². The minimum atomic E-state index is 0.504. The zero-order chi connectivity index (χ0) is 74.5. The van der Waals surface area contributed by atoms with Crippen molar-refractivity contribution in [3.63, 3.8) is 0 Å². The van der Waals surface area contributed by atoms with Gasteiger partial charge in [-0.3, -0.25) is 9.13 Å². The van der Waals surface area contributed by atoms with Crippen molar-refractivity contribution in [1.82, 2.24) is 48.2 Å². The van der Waals surface area contributed by atoms with E-state index in [4.69, 9.17) is 29.9 Å². The molecule has 111 heavy (non-hydrogen) atoms. The molecule has 10 nitrogen and oxygen atoms in total. The van der Waals surface area contributed by atoms with Crippen LogP contribution in [0.2, 0.25) is 0 Å². The molecule has 0 radical (unpaired) electrons. The highest BCUT2D eigenvalue weighted by Gasteiger charge is 2.24. The number of hydrogen-bond acceptors (Lipinski definition) is 6. The molecule has 20 rings (SSSR count). The molecule has 0 aliphatic rings. The third kappa shape index (κ3) is 11.2. The van der Waals surface area contributed by atoms with Crippen molar-refractivity contribution >= 4 is 120 Å². The molecular formula is C101H70N10. The number of hydrogen-bond donors (Lipinski definition) is 0. The van der Waals surface area contributed by atoms with Crippen LogP contribution in [-0.4, -0.2) is 48.2 Å². The van der Waals surface area contributed by atoms with Crippen LogP contribution >= 0.6 is 0 Å². The largest absolute Gasteiger partial charge is 0.313 e. The zero-order valence-corrected chi connectivity index (χ0v) is 61.3. The van der Waals surface area contributed by atoms with Gasteiger partial charge in [-0.25, -0.2) is 9.97 Å². The minimum absolute atomic E-state index is 0.504. The van der Waals surface area contributed by atoms with Gasteiger partial charge in [0.25, 0.3) is 0 Å². The van der Waals surface area contributed by atoms with E-state index in [1.807, 2.05) is 43.4 Å². The van der Waals surface area contributed by atoms with Crippen LogP contribution in [0.5, 0.6) is 0 Å². The summed E-state index contributed by atoms with van der Waals surface area (Å²) in [6.07, 6.45) is 10.0. The van der Waals surface area contributed by atoms with Crippen LogP contribution in [0.15, 0.2) is 365 Å². The Morgan fingerprint density at radius 3 is 1.31 bits per heavy atom. The van der Waals surface area contributed by atoms with E-state index in [9.17, 15) is 0 Å². The molecule has 0 fully saturated rings. The lowest BCUT2D eigenvalue weighted by Crippen LogP contribution is -2.06. The topological polar surface area (TPSA) is 97.1 Å². The number of para-hydroxylation sites is 3. The van der Waals surface area contributed by atoms with E-state index in [1.165, 1.54) is 21.5 Å². The molecular weight excluding hydrogens is 1350 g/mol. The number of nitrogens with zero attached hydrogens (tertiary/aromatic N) is 10. The van der Waals surface area contributed by atoms with E-state index in [1.54, 1.807) is 0 Å². The Balaban J connectivity index is 0.719. The van der Waals surface area contributed by atoms with E-state index >= 15 is 0 Å². The maximum Gasteiger partial charge on any atom is 0.238 e. The Morgan fingerprint density at radius 2 is 0.694 bits per heavy atom. The fourth-order valence-corrected chi connectivity index (χ4v) is 16.6. The summed E-state index contributed by atoms with van der Waals surface area (Å²) >= 11 is 0. The van der Waals surface area contributed by atoms with Gasteiger partial charge in [0.2, 0.25) is 11.9 Å². The maximum atomic E-state index is 5.54. The molecule has 0 aliphatic heterocycles. The molecule has 20 aromatic rings. The van der Waals surface area contributed by atoms with Gasteiger partial charge in [-0.05, 0) is 178 Å². The predicted molar refractivity (Wildman–Crippen MR) is 464 cm³/mol. The van der Waals surface area contributed by atoms with E-state index < -0.39 is 0 Å². The lowest BCUT2D eigenvalue weighted by atomic mass is 9.99. The highest BCUT2D eigenvalue weighted by atomic mass is 15.2. The summed E-state index contributed by atoms with van der Waals surface area (Å²) in [5, 5.41) is 13.4. The van der Waals surface area contributed by atoms with E-state index in [0.717, 1.165) is 165 Å². The Kier molecular flexibility index (Phi) is 15.8. The van der Waals surface area contributed by atoms with E-state index in [-0.39, 0.29) is 0 Å². The molecule has 0 saturated carbocycles. The maximum absolute atomic E-state index is 5.54. The third-order valence-electron chi connectivity index (χ3n) is 21.9. The summed E-state index contributed by atoms with van der Waals surface area (Å²) in [5.41, 5.74) is 22.3.